The average molecular weight is 450 g/mol. The predicted octanol–water partition coefficient (Wildman–Crippen LogP) is 5.17. The maximum absolute atomic E-state index is 10.6. The molecule has 0 saturated heterocycles. The van der Waals surface area contributed by atoms with E-state index in [-0.39, 0.29) is 31.6 Å². The molecule has 0 saturated carbocycles. The lowest BCUT2D eigenvalue weighted by molar-refractivity contribution is -0.389. The third kappa shape index (κ3) is 5.80. The fourth-order valence-corrected chi connectivity index (χ4v) is 2.16. The minimum atomic E-state index is -0.597. The third-order valence-corrected chi connectivity index (χ3v) is 4.32. The van der Waals surface area contributed by atoms with Crippen LogP contribution >= 0.6 is 46.4 Å². The molecule has 140 valence electrons. The normalized spacial score (nSPS) is 9.93. The van der Waals surface area contributed by atoms with Crippen LogP contribution in [0.5, 0.6) is 11.5 Å². The van der Waals surface area contributed by atoms with Crippen LogP contribution in [0.25, 0.3) is 0 Å². The summed E-state index contributed by atoms with van der Waals surface area (Å²) in [5.74, 6) is 0.346. The monoisotopic (exact) mass is 448 g/mol. The molecule has 1 N–H and O–H groups in total. The van der Waals surface area contributed by atoms with Crippen molar-refractivity contribution in [1.29, 1.82) is 0 Å². The summed E-state index contributed by atoms with van der Waals surface area (Å²) >= 11 is 22.4. The highest BCUT2D eigenvalue weighted by atomic mass is 35.5. The first-order valence-electron chi connectivity index (χ1n) is 6.90. The van der Waals surface area contributed by atoms with Gasteiger partial charge in [-0.15, -0.1) is 0 Å². The molecule has 0 radical (unpaired) electrons. The predicted molar refractivity (Wildman–Crippen MR) is 102 cm³/mol. The first-order valence-corrected chi connectivity index (χ1v) is 8.41. The highest BCUT2D eigenvalue weighted by Gasteiger charge is 2.11. The number of halogens is 4. The van der Waals surface area contributed by atoms with E-state index in [2.05, 4.69) is 15.0 Å². The lowest BCUT2D eigenvalue weighted by Gasteiger charge is -2.06. The van der Waals surface area contributed by atoms with Crippen molar-refractivity contribution in [3.63, 3.8) is 0 Å². The van der Waals surface area contributed by atoms with Gasteiger partial charge in [0.2, 0.25) is 5.43 Å². The largest absolute Gasteiger partial charge is 0.452 e. The van der Waals surface area contributed by atoms with Crippen LogP contribution < -0.4 is 10.2 Å². The molecule has 0 aromatic carbocycles. The van der Waals surface area contributed by atoms with Gasteiger partial charge in [0.15, 0.2) is 22.8 Å². The van der Waals surface area contributed by atoms with Crippen molar-refractivity contribution >= 4 is 52.2 Å². The van der Waals surface area contributed by atoms with Gasteiger partial charge in [0, 0.05) is 30.6 Å². The molecule has 0 aliphatic heterocycles. The van der Waals surface area contributed by atoms with Crippen molar-refractivity contribution in [1.82, 2.24) is 15.0 Å². The summed E-state index contributed by atoms with van der Waals surface area (Å²) < 4.78 is 5.38. The Kier molecular flexibility index (Phi) is 7.37. The van der Waals surface area contributed by atoms with Crippen LogP contribution in [-0.2, 0) is 0 Å². The summed E-state index contributed by atoms with van der Waals surface area (Å²) in [6.07, 6.45) is 4.10. The molecule has 3 rings (SSSR count). The Balaban J connectivity index is 0.000000244. The summed E-state index contributed by atoms with van der Waals surface area (Å²) in [7, 11) is 0. The van der Waals surface area contributed by atoms with Crippen molar-refractivity contribution in [3.8, 4) is 11.5 Å². The van der Waals surface area contributed by atoms with Crippen LogP contribution in [0.1, 0.15) is 0 Å². The number of aromatic nitrogens is 3. The van der Waals surface area contributed by atoms with Crippen molar-refractivity contribution < 1.29 is 9.66 Å². The minimum Gasteiger partial charge on any atom is -0.452 e. The van der Waals surface area contributed by atoms with Crippen LogP contribution in [-0.4, -0.2) is 19.9 Å². The van der Waals surface area contributed by atoms with Crippen LogP contribution in [0.3, 0.4) is 0 Å². The Morgan fingerprint density at radius 1 is 1.04 bits per heavy atom. The zero-order valence-electron chi connectivity index (χ0n) is 13.0. The zero-order chi connectivity index (χ0) is 20.0. The van der Waals surface area contributed by atoms with Crippen molar-refractivity contribution in [2.45, 2.75) is 0 Å². The van der Waals surface area contributed by atoms with Crippen LogP contribution in [0.2, 0.25) is 20.4 Å². The Hall–Kier alpha value is -2.39. The van der Waals surface area contributed by atoms with Crippen LogP contribution in [0.15, 0.2) is 47.7 Å². The van der Waals surface area contributed by atoms with Gasteiger partial charge in [-0.25, -0.2) is 4.98 Å². The third-order valence-electron chi connectivity index (χ3n) is 2.80. The van der Waals surface area contributed by atoms with Gasteiger partial charge >= 0.3 is 5.82 Å². The fraction of sp³-hybridized carbons (Fsp3) is 0. The second-order valence-corrected chi connectivity index (χ2v) is 6.09. The number of nitrogens with one attached hydrogen (secondary N) is 1. The second kappa shape index (κ2) is 9.52. The van der Waals surface area contributed by atoms with Gasteiger partial charge in [0.05, 0.1) is 0 Å². The Morgan fingerprint density at radius 2 is 1.78 bits per heavy atom. The highest BCUT2D eigenvalue weighted by Crippen LogP contribution is 2.33. The number of rotatable bonds is 3. The lowest BCUT2D eigenvalue weighted by Crippen LogP contribution is -1.99. The number of pyridine rings is 3. The van der Waals surface area contributed by atoms with Crippen LogP contribution in [0, 0.1) is 10.1 Å². The summed E-state index contributed by atoms with van der Waals surface area (Å²) in [6.45, 7) is 0. The zero-order valence-corrected chi connectivity index (χ0v) is 16.1. The molecule has 0 aliphatic rings. The summed E-state index contributed by atoms with van der Waals surface area (Å²) in [5, 5.41) is 10.9. The number of hydrogen-bond acceptors (Lipinski definition) is 6. The van der Waals surface area contributed by atoms with E-state index in [1.165, 1.54) is 42.9 Å². The van der Waals surface area contributed by atoms with Gasteiger partial charge in [-0.2, -0.15) is 0 Å². The molecule has 0 aliphatic carbocycles. The van der Waals surface area contributed by atoms with Gasteiger partial charge in [0.25, 0.3) is 0 Å². The van der Waals surface area contributed by atoms with Gasteiger partial charge in [-0.05, 0) is 16.0 Å². The Labute approximate surface area is 171 Å². The minimum absolute atomic E-state index is 0.0409. The summed E-state index contributed by atoms with van der Waals surface area (Å²) in [4.78, 5) is 30.4. The molecule has 3 heterocycles. The van der Waals surface area contributed by atoms with Gasteiger partial charge < -0.3 is 19.8 Å². The van der Waals surface area contributed by atoms with E-state index in [9.17, 15) is 14.9 Å². The van der Waals surface area contributed by atoms with E-state index < -0.39 is 4.92 Å². The molecule has 0 spiro atoms. The standard InChI is InChI=1S/C10H5Cl2N3O3.C5H3Cl2NO/c11-9-7(3-4-13-10(9)12)18-6-1-2-8(14-5-6)15(16)17;6-4-3(9)1-2-8-5(4)7/h1-5H;1-2H,(H,8,9). The number of nitrogens with zero attached hydrogens (tertiary/aromatic N) is 3. The molecule has 3 aromatic heterocycles. The topological polar surface area (TPSA) is 111 Å². The molecule has 12 heteroatoms. The maximum atomic E-state index is 10.6. The fourth-order valence-electron chi connectivity index (χ4n) is 1.58. The van der Waals surface area contributed by atoms with Crippen molar-refractivity contribution in [2.24, 2.45) is 0 Å². The summed E-state index contributed by atoms with van der Waals surface area (Å²) in [6, 6.07) is 5.48. The molecular weight excluding hydrogens is 442 g/mol. The van der Waals surface area contributed by atoms with E-state index >= 15 is 0 Å². The van der Waals surface area contributed by atoms with E-state index in [0.717, 1.165) is 0 Å². The molecule has 0 atom stereocenters. The molecule has 0 bridgehead atoms. The first-order chi connectivity index (χ1) is 12.8. The van der Waals surface area contributed by atoms with E-state index in [1.807, 2.05) is 0 Å². The molecule has 3 aromatic rings. The quantitative estimate of drug-likeness (QED) is 0.335. The molecule has 0 amide bonds. The lowest BCUT2D eigenvalue weighted by atomic mass is 10.4. The molecule has 27 heavy (non-hydrogen) atoms. The number of aromatic amines is 1. The van der Waals surface area contributed by atoms with E-state index in [1.54, 1.807) is 0 Å². The number of hydrogen-bond donors (Lipinski definition) is 1. The first kappa shape index (κ1) is 20.9. The molecule has 0 unspecified atom stereocenters. The molecular formula is C15H8Cl4N4O4. The molecule has 8 nitrogen and oxygen atoms in total. The number of nitro groups is 1. The van der Waals surface area contributed by atoms with E-state index in [4.69, 9.17) is 51.1 Å². The Bertz CT molecular complexity index is 1010. The maximum Gasteiger partial charge on any atom is 0.363 e. The molecule has 0 fully saturated rings. The van der Waals surface area contributed by atoms with Crippen LogP contribution in [0.4, 0.5) is 5.82 Å². The second-order valence-electron chi connectivity index (χ2n) is 4.60. The Morgan fingerprint density at radius 3 is 2.33 bits per heavy atom. The number of ether oxygens (including phenoxy) is 1. The average Bonchev–Trinajstić information content (AvgIpc) is 2.64. The van der Waals surface area contributed by atoms with Crippen molar-refractivity contribution in [2.75, 3.05) is 0 Å². The van der Waals surface area contributed by atoms with Crippen molar-refractivity contribution in [3.05, 3.63) is 83.5 Å². The summed E-state index contributed by atoms with van der Waals surface area (Å²) in [5.41, 5.74) is -0.264. The van der Waals surface area contributed by atoms with Gasteiger partial charge in [0.1, 0.15) is 15.2 Å². The smallest absolute Gasteiger partial charge is 0.363 e. The number of H-pyrrole nitrogens is 1. The SMILES string of the molecule is O=[N+]([O-])c1ccc(Oc2ccnc(Cl)c2Cl)cn1.O=c1cc[nH]c(Cl)c1Cl. The van der Waals surface area contributed by atoms with Gasteiger partial charge in [-0.1, -0.05) is 46.4 Å². The van der Waals surface area contributed by atoms with E-state index in [0.29, 0.717) is 11.5 Å². The highest BCUT2D eigenvalue weighted by molar-refractivity contribution is 6.42. The van der Waals surface area contributed by atoms with Gasteiger partial charge in [-0.3, -0.25) is 4.79 Å².